The monoisotopic (exact) mass is 314 g/mol. The first kappa shape index (κ1) is 15.6. The van der Waals surface area contributed by atoms with Gasteiger partial charge in [0.1, 0.15) is 5.82 Å². The molecule has 0 aliphatic carbocycles. The van der Waals surface area contributed by atoms with Crippen LogP contribution in [-0.2, 0) is 11.3 Å². The van der Waals surface area contributed by atoms with Crippen LogP contribution >= 0.6 is 0 Å². The molecule has 1 amide bonds. The normalized spacial score (nSPS) is 17.2. The Hall–Kier alpha value is -2.24. The fraction of sp³-hybridized carbons (Fsp3) is 0.278. The van der Waals surface area contributed by atoms with E-state index in [4.69, 9.17) is 4.74 Å². The lowest BCUT2D eigenvalue weighted by Crippen LogP contribution is -2.28. The zero-order valence-corrected chi connectivity index (χ0v) is 12.7. The minimum absolute atomic E-state index is 0.208. The SMILES string of the molecule is O=C(Nc1ccc(F)cc1)c1ccc(CN[C@H]2CCOC2)cc1. The number of hydrogen-bond acceptors (Lipinski definition) is 3. The number of amides is 1. The van der Waals surface area contributed by atoms with Gasteiger partial charge in [-0.15, -0.1) is 0 Å². The largest absolute Gasteiger partial charge is 0.380 e. The summed E-state index contributed by atoms with van der Waals surface area (Å²) in [6.07, 6.45) is 1.04. The fourth-order valence-corrected chi connectivity index (χ4v) is 2.47. The predicted octanol–water partition coefficient (Wildman–Crippen LogP) is 2.96. The van der Waals surface area contributed by atoms with Crippen molar-refractivity contribution in [2.45, 2.75) is 19.0 Å². The van der Waals surface area contributed by atoms with Gasteiger partial charge in [0, 0.05) is 30.4 Å². The highest BCUT2D eigenvalue weighted by molar-refractivity contribution is 6.04. The van der Waals surface area contributed by atoms with Crippen LogP contribution in [0.15, 0.2) is 48.5 Å². The average molecular weight is 314 g/mol. The van der Waals surface area contributed by atoms with E-state index >= 15 is 0 Å². The summed E-state index contributed by atoms with van der Waals surface area (Å²) in [5, 5.41) is 6.17. The van der Waals surface area contributed by atoms with Crippen LogP contribution in [0.4, 0.5) is 10.1 Å². The van der Waals surface area contributed by atoms with Crippen molar-refractivity contribution in [3.8, 4) is 0 Å². The van der Waals surface area contributed by atoms with Gasteiger partial charge in [0.15, 0.2) is 0 Å². The number of hydrogen-bond donors (Lipinski definition) is 2. The van der Waals surface area contributed by atoms with Gasteiger partial charge in [-0.2, -0.15) is 0 Å². The molecule has 1 heterocycles. The third-order valence-corrected chi connectivity index (χ3v) is 3.84. The van der Waals surface area contributed by atoms with Crippen molar-refractivity contribution in [2.24, 2.45) is 0 Å². The van der Waals surface area contributed by atoms with Crippen LogP contribution in [0.5, 0.6) is 0 Å². The van der Waals surface area contributed by atoms with Gasteiger partial charge in [-0.3, -0.25) is 4.79 Å². The van der Waals surface area contributed by atoms with Crippen molar-refractivity contribution in [2.75, 3.05) is 18.5 Å². The Kier molecular flexibility index (Phi) is 5.00. The second kappa shape index (κ2) is 7.35. The smallest absolute Gasteiger partial charge is 0.255 e. The summed E-state index contributed by atoms with van der Waals surface area (Å²) in [6, 6.07) is 13.6. The highest BCUT2D eigenvalue weighted by Gasteiger charge is 2.14. The second-order valence-electron chi connectivity index (χ2n) is 5.60. The maximum absolute atomic E-state index is 12.8. The van der Waals surface area contributed by atoms with Crippen molar-refractivity contribution in [3.63, 3.8) is 0 Å². The van der Waals surface area contributed by atoms with Crippen LogP contribution in [-0.4, -0.2) is 25.2 Å². The standard InChI is InChI=1S/C18H19FN2O2/c19-15-5-7-16(8-6-15)21-18(22)14-3-1-13(2-4-14)11-20-17-9-10-23-12-17/h1-8,17,20H,9-12H2,(H,21,22)/t17-/m0/s1. The molecular weight excluding hydrogens is 295 g/mol. The van der Waals surface area contributed by atoms with E-state index in [1.54, 1.807) is 12.1 Å². The molecule has 4 nitrogen and oxygen atoms in total. The van der Waals surface area contributed by atoms with E-state index in [1.165, 1.54) is 24.3 Å². The highest BCUT2D eigenvalue weighted by Crippen LogP contribution is 2.12. The van der Waals surface area contributed by atoms with Crippen molar-refractivity contribution in [1.29, 1.82) is 0 Å². The molecule has 5 heteroatoms. The molecule has 1 aliphatic rings. The maximum atomic E-state index is 12.8. The quantitative estimate of drug-likeness (QED) is 0.892. The maximum Gasteiger partial charge on any atom is 0.255 e. The number of carbonyl (C=O) groups excluding carboxylic acids is 1. The fourth-order valence-electron chi connectivity index (χ4n) is 2.47. The number of anilines is 1. The van der Waals surface area contributed by atoms with Crippen LogP contribution in [0.2, 0.25) is 0 Å². The average Bonchev–Trinajstić information content (AvgIpc) is 3.09. The molecule has 1 aliphatic heterocycles. The minimum Gasteiger partial charge on any atom is -0.380 e. The van der Waals surface area contributed by atoms with E-state index in [2.05, 4.69) is 10.6 Å². The summed E-state index contributed by atoms with van der Waals surface area (Å²) in [5.74, 6) is -0.534. The Morgan fingerprint density at radius 2 is 1.87 bits per heavy atom. The Bertz CT molecular complexity index is 650. The van der Waals surface area contributed by atoms with Crippen LogP contribution in [0.25, 0.3) is 0 Å². The van der Waals surface area contributed by atoms with Gasteiger partial charge in [-0.1, -0.05) is 12.1 Å². The van der Waals surface area contributed by atoms with Crippen LogP contribution in [0.3, 0.4) is 0 Å². The summed E-state index contributed by atoms with van der Waals surface area (Å²) in [7, 11) is 0. The van der Waals surface area contributed by atoms with E-state index in [0.717, 1.165) is 31.7 Å². The molecule has 1 saturated heterocycles. The zero-order valence-electron chi connectivity index (χ0n) is 12.7. The summed E-state index contributed by atoms with van der Waals surface area (Å²) >= 11 is 0. The molecule has 2 aromatic carbocycles. The van der Waals surface area contributed by atoms with Gasteiger partial charge in [0.05, 0.1) is 6.61 Å². The Balaban J connectivity index is 1.55. The second-order valence-corrected chi connectivity index (χ2v) is 5.60. The first-order valence-corrected chi connectivity index (χ1v) is 7.68. The van der Waals surface area contributed by atoms with Gasteiger partial charge >= 0.3 is 0 Å². The number of carbonyl (C=O) groups is 1. The molecule has 120 valence electrons. The molecule has 2 N–H and O–H groups in total. The predicted molar refractivity (Wildman–Crippen MR) is 86.9 cm³/mol. The molecule has 0 aromatic heterocycles. The molecule has 0 unspecified atom stereocenters. The van der Waals surface area contributed by atoms with Gasteiger partial charge in [-0.05, 0) is 48.4 Å². The van der Waals surface area contributed by atoms with E-state index in [9.17, 15) is 9.18 Å². The molecule has 3 rings (SSSR count). The minimum atomic E-state index is -0.326. The molecule has 1 fully saturated rings. The number of rotatable bonds is 5. The number of nitrogens with one attached hydrogen (secondary N) is 2. The molecule has 2 aromatic rings. The van der Waals surface area contributed by atoms with E-state index in [0.29, 0.717) is 17.3 Å². The molecule has 23 heavy (non-hydrogen) atoms. The summed E-state index contributed by atoms with van der Waals surface area (Å²) < 4.78 is 18.2. The summed E-state index contributed by atoms with van der Waals surface area (Å²) in [5.41, 5.74) is 2.26. The summed E-state index contributed by atoms with van der Waals surface area (Å²) in [4.78, 5) is 12.1. The molecule has 0 spiro atoms. The molecule has 0 bridgehead atoms. The van der Waals surface area contributed by atoms with E-state index in [-0.39, 0.29) is 11.7 Å². The Morgan fingerprint density at radius 1 is 1.13 bits per heavy atom. The topological polar surface area (TPSA) is 50.4 Å². The van der Waals surface area contributed by atoms with Crippen LogP contribution in [0, 0.1) is 5.82 Å². The van der Waals surface area contributed by atoms with Crippen molar-refractivity contribution in [1.82, 2.24) is 5.32 Å². The van der Waals surface area contributed by atoms with Crippen LogP contribution < -0.4 is 10.6 Å². The van der Waals surface area contributed by atoms with Gasteiger partial charge in [0.25, 0.3) is 5.91 Å². The number of ether oxygens (including phenoxy) is 1. The number of benzene rings is 2. The Labute approximate surface area is 134 Å². The van der Waals surface area contributed by atoms with E-state index < -0.39 is 0 Å². The molecule has 1 atom stereocenters. The van der Waals surface area contributed by atoms with Crippen molar-refractivity contribution < 1.29 is 13.9 Å². The van der Waals surface area contributed by atoms with Crippen molar-refractivity contribution in [3.05, 3.63) is 65.5 Å². The lowest BCUT2D eigenvalue weighted by Gasteiger charge is -2.11. The Morgan fingerprint density at radius 3 is 2.52 bits per heavy atom. The molecule has 0 saturated carbocycles. The first-order valence-electron chi connectivity index (χ1n) is 7.68. The molecular formula is C18H19FN2O2. The van der Waals surface area contributed by atoms with Crippen molar-refractivity contribution >= 4 is 11.6 Å². The van der Waals surface area contributed by atoms with Gasteiger partial charge < -0.3 is 15.4 Å². The van der Waals surface area contributed by atoms with Gasteiger partial charge in [-0.25, -0.2) is 4.39 Å². The third-order valence-electron chi connectivity index (χ3n) is 3.84. The third kappa shape index (κ3) is 4.37. The van der Waals surface area contributed by atoms with Crippen LogP contribution in [0.1, 0.15) is 22.3 Å². The highest BCUT2D eigenvalue weighted by atomic mass is 19.1. The lowest BCUT2D eigenvalue weighted by atomic mass is 10.1. The molecule has 0 radical (unpaired) electrons. The first-order chi connectivity index (χ1) is 11.2. The van der Waals surface area contributed by atoms with Gasteiger partial charge in [0.2, 0.25) is 0 Å². The lowest BCUT2D eigenvalue weighted by molar-refractivity contribution is 0.102. The summed E-state index contributed by atoms with van der Waals surface area (Å²) in [6.45, 7) is 2.34. The number of halogens is 1. The van der Waals surface area contributed by atoms with E-state index in [1.807, 2.05) is 12.1 Å². The zero-order chi connectivity index (χ0) is 16.1.